The van der Waals surface area contributed by atoms with E-state index in [9.17, 15) is 10.2 Å². The van der Waals surface area contributed by atoms with Crippen molar-refractivity contribution < 1.29 is 10.2 Å². The van der Waals surface area contributed by atoms with Gasteiger partial charge in [-0.25, -0.2) is 0 Å². The Kier molecular flexibility index (Phi) is 20.0. The molecule has 32 heavy (non-hydrogen) atoms. The first-order valence-electron chi connectivity index (χ1n) is 14.5. The van der Waals surface area contributed by atoms with Crippen molar-refractivity contribution in [3.63, 3.8) is 0 Å². The SMILES string of the molecule is CCCCCCCCCCCCCCCCCCCCN1CCNCC1(CCO)CCO. The van der Waals surface area contributed by atoms with Crippen LogP contribution < -0.4 is 5.32 Å². The Morgan fingerprint density at radius 2 is 1.03 bits per heavy atom. The molecule has 0 unspecified atom stereocenters. The zero-order valence-electron chi connectivity index (χ0n) is 21.7. The fourth-order valence-electron chi connectivity index (χ4n) is 5.47. The van der Waals surface area contributed by atoms with E-state index in [1.807, 2.05) is 0 Å². The predicted octanol–water partition coefficient (Wildman–Crippen LogP) is 6.44. The molecule has 0 saturated carbocycles. The Balaban J connectivity index is 1.89. The van der Waals surface area contributed by atoms with Gasteiger partial charge in [0.15, 0.2) is 0 Å². The van der Waals surface area contributed by atoms with E-state index in [1.165, 1.54) is 116 Å². The van der Waals surface area contributed by atoms with Crippen LogP contribution in [0.2, 0.25) is 0 Å². The molecule has 0 aromatic heterocycles. The maximum Gasteiger partial charge on any atom is 0.0449 e. The van der Waals surface area contributed by atoms with Crippen LogP contribution in [0.15, 0.2) is 0 Å². The molecule has 192 valence electrons. The van der Waals surface area contributed by atoms with Gasteiger partial charge in [-0.1, -0.05) is 116 Å². The number of hydrogen-bond donors (Lipinski definition) is 3. The third-order valence-electron chi connectivity index (χ3n) is 7.62. The zero-order valence-corrected chi connectivity index (χ0v) is 21.7. The molecule has 0 aliphatic carbocycles. The normalized spacial score (nSPS) is 16.6. The van der Waals surface area contributed by atoms with Crippen molar-refractivity contribution in [2.45, 2.75) is 141 Å². The fraction of sp³-hybridized carbons (Fsp3) is 1.00. The van der Waals surface area contributed by atoms with Crippen LogP contribution in [0.25, 0.3) is 0 Å². The Morgan fingerprint density at radius 1 is 0.625 bits per heavy atom. The largest absolute Gasteiger partial charge is 0.396 e. The van der Waals surface area contributed by atoms with E-state index in [-0.39, 0.29) is 18.8 Å². The lowest BCUT2D eigenvalue weighted by molar-refractivity contribution is 0.0165. The van der Waals surface area contributed by atoms with Gasteiger partial charge in [-0.05, 0) is 25.8 Å². The molecule has 0 atom stereocenters. The Labute approximate surface area is 200 Å². The molecule has 1 saturated heterocycles. The topological polar surface area (TPSA) is 55.7 Å². The summed E-state index contributed by atoms with van der Waals surface area (Å²) in [5.74, 6) is 0. The van der Waals surface area contributed by atoms with Crippen molar-refractivity contribution >= 4 is 0 Å². The standard InChI is InChI=1S/C28H58N2O2/c1-2-3-4-5-6-7-8-9-10-11-12-13-14-15-16-17-18-19-23-30-24-22-29-27-28(30,20-25-31)21-26-32/h29,31-32H,2-27H2,1H3. The maximum atomic E-state index is 9.52. The van der Waals surface area contributed by atoms with Gasteiger partial charge in [-0.2, -0.15) is 0 Å². The minimum atomic E-state index is -0.0453. The van der Waals surface area contributed by atoms with E-state index in [1.54, 1.807) is 0 Å². The molecule has 0 spiro atoms. The number of aliphatic hydroxyl groups excluding tert-OH is 2. The Bertz CT molecular complexity index is 380. The summed E-state index contributed by atoms with van der Waals surface area (Å²) in [5, 5.41) is 22.5. The molecule has 4 heteroatoms. The molecule has 0 aromatic carbocycles. The van der Waals surface area contributed by atoms with Crippen LogP contribution in [0.1, 0.15) is 135 Å². The van der Waals surface area contributed by atoms with Gasteiger partial charge in [-0.3, -0.25) is 4.90 Å². The first-order valence-corrected chi connectivity index (χ1v) is 14.5. The highest BCUT2D eigenvalue weighted by Gasteiger charge is 2.37. The van der Waals surface area contributed by atoms with Gasteiger partial charge in [0.1, 0.15) is 0 Å². The Hall–Kier alpha value is -0.160. The second-order valence-corrected chi connectivity index (χ2v) is 10.3. The summed E-state index contributed by atoms with van der Waals surface area (Å²) in [4.78, 5) is 2.54. The average molecular weight is 455 g/mol. The summed E-state index contributed by atoms with van der Waals surface area (Å²) in [6.07, 6.45) is 27.0. The van der Waals surface area contributed by atoms with E-state index < -0.39 is 0 Å². The van der Waals surface area contributed by atoms with Gasteiger partial charge >= 0.3 is 0 Å². The molecular weight excluding hydrogens is 396 g/mol. The fourth-order valence-corrected chi connectivity index (χ4v) is 5.47. The highest BCUT2D eigenvalue weighted by molar-refractivity contribution is 4.95. The van der Waals surface area contributed by atoms with E-state index in [4.69, 9.17) is 0 Å². The van der Waals surface area contributed by atoms with Crippen LogP contribution in [0.5, 0.6) is 0 Å². The highest BCUT2D eigenvalue weighted by Crippen LogP contribution is 2.26. The smallest absolute Gasteiger partial charge is 0.0449 e. The molecule has 3 N–H and O–H groups in total. The maximum absolute atomic E-state index is 9.52. The molecule has 1 fully saturated rings. The molecule has 4 nitrogen and oxygen atoms in total. The zero-order chi connectivity index (χ0) is 23.2. The molecule has 0 radical (unpaired) electrons. The number of nitrogens with zero attached hydrogens (tertiary/aromatic N) is 1. The first-order chi connectivity index (χ1) is 15.8. The van der Waals surface area contributed by atoms with Crippen molar-refractivity contribution in [1.82, 2.24) is 10.2 Å². The molecule has 1 aliphatic rings. The molecule has 0 aromatic rings. The van der Waals surface area contributed by atoms with Crippen LogP contribution >= 0.6 is 0 Å². The van der Waals surface area contributed by atoms with Crippen molar-refractivity contribution in [2.75, 3.05) is 39.4 Å². The van der Waals surface area contributed by atoms with Crippen LogP contribution in [-0.2, 0) is 0 Å². The predicted molar refractivity (Wildman–Crippen MR) is 139 cm³/mol. The van der Waals surface area contributed by atoms with Crippen molar-refractivity contribution in [2.24, 2.45) is 0 Å². The van der Waals surface area contributed by atoms with E-state index in [0.29, 0.717) is 0 Å². The van der Waals surface area contributed by atoms with Crippen molar-refractivity contribution in [3.05, 3.63) is 0 Å². The van der Waals surface area contributed by atoms with E-state index in [2.05, 4.69) is 17.1 Å². The lowest BCUT2D eigenvalue weighted by Crippen LogP contribution is -2.62. The third kappa shape index (κ3) is 14.2. The number of aliphatic hydroxyl groups is 2. The van der Waals surface area contributed by atoms with Gasteiger partial charge in [-0.15, -0.1) is 0 Å². The minimum Gasteiger partial charge on any atom is -0.396 e. The number of piperazine rings is 1. The number of unbranched alkanes of at least 4 members (excludes halogenated alkanes) is 17. The van der Waals surface area contributed by atoms with Crippen molar-refractivity contribution in [1.29, 1.82) is 0 Å². The van der Waals surface area contributed by atoms with Gasteiger partial charge in [0.05, 0.1) is 0 Å². The molecule has 0 bridgehead atoms. The van der Waals surface area contributed by atoms with Crippen LogP contribution in [0.3, 0.4) is 0 Å². The summed E-state index contributed by atoms with van der Waals surface area (Å²) in [6, 6.07) is 0. The molecule has 1 rings (SSSR count). The van der Waals surface area contributed by atoms with Crippen LogP contribution in [0, 0.1) is 0 Å². The minimum absolute atomic E-state index is 0.0453. The summed E-state index contributed by atoms with van der Waals surface area (Å²) in [5.41, 5.74) is -0.0453. The lowest BCUT2D eigenvalue weighted by Gasteiger charge is -2.47. The van der Waals surface area contributed by atoms with Crippen molar-refractivity contribution in [3.8, 4) is 0 Å². The molecular formula is C28H58N2O2. The van der Waals surface area contributed by atoms with Gasteiger partial charge in [0.25, 0.3) is 0 Å². The number of nitrogens with one attached hydrogen (secondary N) is 1. The average Bonchev–Trinajstić information content (AvgIpc) is 2.80. The first kappa shape index (κ1) is 29.9. The van der Waals surface area contributed by atoms with E-state index in [0.717, 1.165) is 39.0 Å². The van der Waals surface area contributed by atoms with Gasteiger partial charge in [0.2, 0.25) is 0 Å². The summed E-state index contributed by atoms with van der Waals surface area (Å²) in [7, 11) is 0. The Morgan fingerprint density at radius 3 is 1.44 bits per heavy atom. The second kappa shape index (κ2) is 21.4. The van der Waals surface area contributed by atoms with E-state index >= 15 is 0 Å². The summed E-state index contributed by atoms with van der Waals surface area (Å²) < 4.78 is 0. The molecule has 1 aliphatic heterocycles. The van der Waals surface area contributed by atoms with Crippen LogP contribution in [0.4, 0.5) is 0 Å². The van der Waals surface area contributed by atoms with Crippen LogP contribution in [-0.4, -0.2) is 60.0 Å². The second-order valence-electron chi connectivity index (χ2n) is 10.3. The lowest BCUT2D eigenvalue weighted by atomic mass is 9.87. The number of hydrogen-bond acceptors (Lipinski definition) is 4. The monoisotopic (exact) mass is 454 g/mol. The highest BCUT2D eigenvalue weighted by atomic mass is 16.3. The summed E-state index contributed by atoms with van der Waals surface area (Å²) in [6.45, 7) is 6.78. The van der Waals surface area contributed by atoms with Gasteiger partial charge in [0, 0.05) is 38.4 Å². The third-order valence-corrected chi connectivity index (χ3v) is 7.62. The quantitative estimate of drug-likeness (QED) is 0.156. The molecule has 0 amide bonds. The van der Waals surface area contributed by atoms with Gasteiger partial charge < -0.3 is 15.5 Å². The molecule has 1 heterocycles. The summed E-state index contributed by atoms with van der Waals surface area (Å²) >= 11 is 0. The number of rotatable bonds is 23.